The Bertz CT molecular complexity index is 490. The minimum atomic E-state index is 0.0162. The van der Waals surface area contributed by atoms with Crippen molar-refractivity contribution in [2.75, 3.05) is 0 Å². The quantitative estimate of drug-likeness (QED) is 0.745. The second-order valence-corrected chi connectivity index (χ2v) is 5.53. The lowest BCUT2D eigenvalue weighted by molar-refractivity contribution is 0.406. The van der Waals surface area contributed by atoms with Crippen molar-refractivity contribution < 1.29 is 0 Å². The fraction of sp³-hybridized carbons (Fsp3) is 0.400. The van der Waals surface area contributed by atoms with Gasteiger partial charge in [0.2, 0.25) is 0 Å². The van der Waals surface area contributed by atoms with Gasteiger partial charge in [0.25, 0.3) is 0 Å². The summed E-state index contributed by atoms with van der Waals surface area (Å²) in [4.78, 5) is 0. The molecule has 0 saturated heterocycles. The van der Waals surface area contributed by atoms with Crippen LogP contribution in [-0.4, -0.2) is 9.78 Å². The Balaban J connectivity index is 2.21. The molecule has 1 heterocycles. The Labute approximate surface area is 114 Å². The maximum atomic E-state index is 6.50. The molecule has 0 aliphatic rings. The predicted octanol–water partition coefficient (Wildman–Crippen LogP) is 4.44. The lowest BCUT2D eigenvalue weighted by Crippen LogP contribution is -2.10. The Hall–Kier alpha value is -1.28. The SMILES string of the molecule is CC(C)C(C)C(Cl)c1cnn(-c2ccccc2)c1. The zero-order valence-corrected chi connectivity index (χ0v) is 11.8. The number of aromatic nitrogens is 2. The van der Waals surface area contributed by atoms with Crippen LogP contribution in [0.25, 0.3) is 5.69 Å². The van der Waals surface area contributed by atoms with E-state index in [1.165, 1.54) is 0 Å². The van der Waals surface area contributed by atoms with Gasteiger partial charge < -0.3 is 0 Å². The van der Waals surface area contributed by atoms with Crippen molar-refractivity contribution in [2.24, 2.45) is 11.8 Å². The summed E-state index contributed by atoms with van der Waals surface area (Å²) in [6.45, 7) is 6.57. The van der Waals surface area contributed by atoms with Crippen LogP contribution in [0.2, 0.25) is 0 Å². The highest BCUT2D eigenvalue weighted by Gasteiger charge is 2.21. The second kappa shape index (κ2) is 5.57. The van der Waals surface area contributed by atoms with Gasteiger partial charge >= 0.3 is 0 Å². The van der Waals surface area contributed by atoms with Crippen molar-refractivity contribution in [1.82, 2.24) is 9.78 Å². The molecule has 0 saturated carbocycles. The normalized spacial score (nSPS) is 14.7. The minimum absolute atomic E-state index is 0.0162. The summed E-state index contributed by atoms with van der Waals surface area (Å²) >= 11 is 6.50. The smallest absolute Gasteiger partial charge is 0.0645 e. The monoisotopic (exact) mass is 262 g/mol. The van der Waals surface area contributed by atoms with Crippen LogP contribution in [0.5, 0.6) is 0 Å². The van der Waals surface area contributed by atoms with Gasteiger partial charge in [-0.2, -0.15) is 5.10 Å². The largest absolute Gasteiger partial charge is 0.241 e. The zero-order chi connectivity index (χ0) is 13.1. The molecule has 3 heteroatoms. The molecular formula is C15H19ClN2. The molecule has 0 aliphatic carbocycles. The van der Waals surface area contributed by atoms with Crippen molar-refractivity contribution in [1.29, 1.82) is 0 Å². The summed E-state index contributed by atoms with van der Waals surface area (Å²) in [6.07, 6.45) is 3.88. The maximum Gasteiger partial charge on any atom is 0.0645 e. The van der Waals surface area contributed by atoms with Gasteiger partial charge in [0.05, 0.1) is 17.3 Å². The molecule has 0 amide bonds. The van der Waals surface area contributed by atoms with Crippen molar-refractivity contribution in [2.45, 2.75) is 26.1 Å². The summed E-state index contributed by atoms with van der Waals surface area (Å²) in [5.41, 5.74) is 2.14. The Morgan fingerprint density at radius 2 is 1.78 bits per heavy atom. The molecule has 2 nitrogen and oxygen atoms in total. The second-order valence-electron chi connectivity index (χ2n) is 5.06. The van der Waals surface area contributed by atoms with E-state index in [0.717, 1.165) is 11.3 Å². The van der Waals surface area contributed by atoms with E-state index in [9.17, 15) is 0 Å². The van der Waals surface area contributed by atoms with Gasteiger partial charge in [-0.15, -0.1) is 11.6 Å². The van der Waals surface area contributed by atoms with Gasteiger partial charge in [-0.25, -0.2) is 4.68 Å². The predicted molar refractivity (Wildman–Crippen MR) is 76.2 cm³/mol. The summed E-state index contributed by atoms with van der Waals surface area (Å²) in [7, 11) is 0. The van der Waals surface area contributed by atoms with Gasteiger partial charge in [0.1, 0.15) is 0 Å². The van der Waals surface area contributed by atoms with E-state index in [2.05, 4.69) is 25.9 Å². The van der Waals surface area contributed by atoms with Crippen LogP contribution in [0.3, 0.4) is 0 Å². The highest BCUT2D eigenvalue weighted by atomic mass is 35.5. The Kier molecular flexibility index (Phi) is 4.07. The Morgan fingerprint density at radius 3 is 2.39 bits per heavy atom. The molecule has 2 aromatic rings. The number of rotatable bonds is 4. The summed E-state index contributed by atoms with van der Waals surface area (Å²) in [5.74, 6) is 0.993. The molecule has 1 aromatic carbocycles. The molecular weight excluding hydrogens is 244 g/mol. The first kappa shape index (κ1) is 13.2. The first-order chi connectivity index (χ1) is 8.59. The topological polar surface area (TPSA) is 17.8 Å². The molecule has 0 N–H and O–H groups in total. The molecule has 2 rings (SSSR count). The van der Waals surface area contributed by atoms with Crippen LogP contribution < -0.4 is 0 Å². The lowest BCUT2D eigenvalue weighted by Gasteiger charge is -2.20. The number of benzene rings is 1. The van der Waals surface area contributed by atoms with E-state index >= 15 is 0 Å². The first-order valence-electron chi connectivity index (χ1n) is 6.33. The molecule has 0 fully saturated rings. The first-order valence-corrected chi connectivity index (χ1v) is 6.77. The standard InChI is InChI=1S/C15H19ClN2/c1-11(2)12(3)15(16)13-9-17-18(10-13)14-7-5-4-6-8-14/h4-12,15H,1-3H3. The highest BCUT2D eigenvalue weighted by Crippen LogP contribution is 2.33. The summed E-state index contributed by atoms with van der Waals surface area (Å²) in [6, 6.07) is 10.1. The van der Waals surface area contributed by atoms with Crippen molar-refractivity contribution in [3.8, 4) is 5.69 Å². The third kappa shape index (κ3) is 2.75. The molecule has 18 heavy (non-hydrogen) atoms. The zero-order valence-electron chi connectivity index (χ0n) is 11.0. The van der Waals surface area contributed by atoms with Gasteiger partial charge in [-0.05, 0) is 24.0 Å². The van der Waals surface area contributed by atoms with Crippen LogP contribution >= 0.6 is 11.6 Å². The van der Waals surface area contributed by atoms with E-state index in [4.69, 9.17) is 11.6 Å². The molecule has 0 bridgehead atoms. The van der Waals surface area contributed by atoms with Crippen LogP contribution in [0.15, 0.2) is 42.7 Å². The van der Waals surface area contributed by atoms with E-state index in [1.54, 1.807) is 0 Å². The van der Waals surface area contributed by atoms with Crippen molar-refractivity contribution >= 4 is 11.6 Å². The van der Waals surface area contributed by atoms with Crippen molar-refractivity contribution in [3.63, 3.8) is 0 Å². The molecule has 2 unspecified atom stereocenters. The number of alkyl halides is 1. The highest BCUT2D eigenvalue weighted by molar-refractivity contribution is 6.20. The summed E-state index contributed by atoms with van der Waals surface area (Å²) in [5, 5.41) is 4.40. The van der Waals surface area contributed by atoms with Crippen LogP contribution in [0.4, 0.5) is 0 Å². The van der Waals surface area contributed by atoms with Crippen LogP contribution in [-0.2, 0) is 0 Å². The van der Waals surface area contributed by atoms with E-state index in [-0.39, 0.29) is 5.38 Å². The van der Waals surface area contributed by atoms with Gasteiger partial charge in [0, 0.05) is 11.8 Å². The average molecular weight is 263 g/mol. The third-order valence-electron chi connectivity index (χ3n) is 3.45. The minimum Gasteiger partial charge on any atom is -0.241 e. The maximum absolute atomic E-state index is 6.50. The molecule has 1 aromatic heterocycles. The van der Waals surface area contributed by atoms with Crippen LogP contribution in [0, 0.1) is 11.8 Å². The molecule has 0 radical (unpaired) electrons. The van der Waals surface area contributed by atoms with E-state index in [1.807, 2.05) is 47.4 Å². The van der Waals surface area contributed by atoms with Crippen LogP contribution in [0.1, 0.15) is 31.7 Å². The van der Waals surface area contributed by atoms with Crippen molar-refractivity contribution in [3.05, 3.63) is 48.3 Å². The number of nitrogens with zero attached hydrogens (tertiary/aromatic N) is 2. The molecule has 96 valence electrons. The van der Waals surface area contributed by atoms with Gasteiger partial charge in [0.15, 0.2) is 0 Å². The Morgan fingerprint density at radius 1 is 1.11 bits per heavy atom. The molecule has 0 aliphatic heterocycles. The van der Waals surface area contributed by atoms with Gasteiger partial charge in [-0.3, -0.25) is 0 Å². The summed E-state index contributed by atoms with van der Waals surface area (Å²) < 4.78 is 1.87. The molecule has 2 atom stereocenters. The number of hydrogen-bond donors (Lipinski definition) is 0. The fourth-order valence-corrected chi connectivity index (χ4v) is 2.25. The number of para-hydroxylation sites is 1. The lowest BCUT2D eigenvalue weighted by atomic mass is 9.92. The van der Waals surface area contributed by atoms with E-state index < -0.39 is 0 Å². The fourth-order valence-electron chi connectivity index (χ4n) is 1.84. The van der Waals surface area contributed by atoms with E-state index in [0.29, 0.717) is 11.8 Å². The van der Waals surface area contributed by atoms with Gasteiger partial charge in [-0.1, -0.05) is 39.0 Å². The number of halogens is 1. The molecule has 0 spiro atoms. The third-order valence-corrected chi connectivity index (χ3v) is 4.10. The average Bonchev–Trinajstić information content (AvgIpc) is 2.87. The number of hydrogen-bond acceptors (Lipinski definition) is 1.